The fraction of sp³-hybridized carbons (Fsp3) is 0.174. The maximum atomic E-state index is 14.1. The highest BCUT2D eigenvalue weighted by Crippen LogP contribution is 2.28. The van der Waals surface area contributed by atoms with Crippen LogP contribution in [0.5, 0.6) is 0 Å². The van der Waals surface area contributed by atoms with Gasteiger partial charge in [0.25, 0.3) is 5.91 Å². The smallest absolute Gasteiger partial charge is 0.259 e. The minimum Gasteiger partial charge on any atom is -0.366 e. The molecule has 31 heavy (non-hydrogen) atoms. The molecular weight excluding hydrogens is 417 g/mol. The molecule has 1 amide bonds. The van der Waals surface area contributed by atoms with Crippen molar-refractivity contribution < 1.29 is 9.18 Å². The number of fused-ring (bicyclic) bond motifs is 1. The summed E-state index contributed by atoms with van der Waals surface area (Å²) in [6.45, 7) is 2.11. The minimum atomic E-state index is -0.249. The SMILES string of the molecule is O=C(c1cnn2c(-c3ccccc3Cl)ccnc12)N1CCN(c2ccccc2F)CC1. The summed E-state index contributed by atoms with van der Waals surface area (Å²) in [5.74, 6) is -0.381. The van der Waals surface area contributed by atoms with Crippen LogP contribution in [0.3, 0.4) is 0 Å². The summed E-state index contributed by atoms with van der Waals surface area (Å²) in [5, 5.41) is 5.01. The van der Waals surface area contributed by atoms with Crippen LogP contribution in [0.1, 0.15) is 10.4 Å². The molecule has 0 saturated carbocycles. The number of aromatic nitrogens is 3. The number of rotatable bonds is 3. The lowest BCUT2D eigenvalue weighted by atomic mass is 10.1. The Hall–Kier alpha value is -3.45. The fourth-order valence-corrected chi connectivity index (χ4v) is 4.18. The van der Waals surface area contributed by atoms with Gasteiger partial charge in [0.2, 0.25) is 0 Å². The predicted molar refractivity (Wildman–Crippen MR) is 118 cm³/mol. The van der Waals surface area contributed by atoms with Gasteiger partial charge in [-0.2, -0.15) is 5.10 Å². The number of halogens is 2. The van der Waals surface area contributed by atoms with E-state index >= 15 is 0 Å². The Morgan fingerprint density at radius 1 is 0.968 bits per heavy atom. The molecule has 0 radical (unpaired) electrons. The third kappa shape index (κ3) is 3.51. The first-order valence-electron chi connectivity index (χ1n) is 10.00. The Kier molecular flexibility index (Phi) is 5.03. The predicted octanol–water partition coefficient (Wildman–Crippen LogP) is 4.15. The number of carbonyl (C=O) groups is 1. The first-order valence-corrected chi connectivity index (χ1v) is 10.4. The van der Waals surface area contributed by atoms with E-state index in [0.29, 0.717) is 48.1 Å². The molecule has 3 heterocycles. The van der Waals surface area contributed by atoms with Crippen molar-refractivity contribution in [3.05, 3.63) is 83.4 Å². The second-order valence-corrected chi connectivity index (χ2v) is 7.74. The Balaban J connectivity index is 1.40. The molecule has 1 fully saturated rings. The second-order valence-electron chi connectivity index (χ2n) is 7.33. The minimum absolute atomic E-state index is 0.132. The van der Waals surface area contributed by atoms with Crippen LogP contribution >= 0.6 is 11.6 Å². The zero-order valence-corrected chi connectivity index (χ0v) is 17.3. The van der Waals surface area contributed by atoms with Crippen LogP contribution in [0, 0.1) is 5.82 Å². The van der Waals surface area contributed by atoms with Gasteiger partial charge < -0.3 is 9.80 Å². The van der Waals surface area contributed by atoms with Crippen LogP contribution in [0.15, 0.2) is 67.0 Å². The summed E-state index contributed by atoms with van der Waals surface area (Å²) >= 11 is 6.36. The highest BCUT2D eigenvalue weighted by atomic mass is 35.5. The van der Waals surface area contributed by atoms with E-state index in [0.717, 1.165) is 11.3 Å². The zero-order chi connectivity index (χ0) is 21.4. The lowest BCUT2D eigenvalue weighted by molar-refractivity contribution is 0.0748. The van der Waals surface area contributed by atoms with Crippen LogP contribution < -0.4 is 4.90 Å². The van der Waals surface area contributed by atoms with Gasteiger partial charge in [0, 0.05) is 43.0 Å². The van der Waals surface area contributed by atoms with E-state index in [1.54, 1.807) is 33.9 Å². The molecule has 1 saturated heterocycles. The first-order chi connectivity index (χ1) is 15.1. The number of hydrogen-bond donors (Lipinski definition) is 0. The van der Waals surface area contributed by atoms with Crippen LogP contribution in [0.25, 0.3) is 16.9 Å². The van der Waals surface area contributed by atoms with Crippen molar-refractivity contribution in [1.82, 2.24) is 19.5 Å². The summed E-state index contributed by atoms with van der Waals surface area (Å²) in [5.41, 5.74) is 3.07. The maximum absolute atomic E-state index is 14.1. The summed E-state index contributed by atoms with van der Waals surface area (Å²) in [4.78, 5) is 21.3. The van der Waals surface area contributed by atoms with Crippen molar-refractivity contribution in [2.24, 2.45) is 0 Å². The van der Waals surface area contributed by atoms with E-state index in [1.807, 2.05) is 41.3 Å². The Labute approximate surface area is 183 Å². The number of carbonyl (C=O) groups excluding carboxylic acids is 1. The molecule has 0 bridgehead atoms. The van der Waals surface area contributed by atoms with Crippen molar-refractivity contribution in [2.45, 2.75) is 0 Å². The Morgan fingerprint density at radius 2 is 1.71 bits per heavy atom. The molecule has 156 valence electrons. The number of para-hydroxylation sites is 1. The van der Waals surface area contributed by atoms with Gasteiger partial charge in [0.15, 0.2) is 5.65 Å². The second kappa shape index (κ2) is 8.00. The van der Waals surface area contributed by atoms with E-state index in [1.165, 1.54) is 6.07 Å². The van der Waals surface area contributed by atoms with Gasteiger partial charge in [-0.1, -0.05) is 41.9 Å². The van der Waals surface area contributed by atoms with Gasteiger partial charge in [0.05, 0.1) is 17.6 Å². The molecule has 5 rings (SSSR count). The van der Waals surface area contributed by atoms with Gasteiger partial charge in [0.1, 0.15) is 11.4 Å². The third-order valence-corrected chi connectivity index (χ3v) is 5.87. The number of anilines is 1. The van der Waals surface area contributed by atoms with Gasteiger partial charge in [-0.15, -0.1) is 0 Å². The van der Waals surface area contributed by atoms with Gasteiger partial charge in [-0.05, 0) is 24.3 Å². The summed E-state index contributed by atoms with van der Waals surface area (Å²) in [6, 6.07) is 16.0. The fourth-order valence-electron chi connectivity index (χ4n) is 3.94. The molecule has 0 atom stereocenters. The molecule has 1 aliphatic rings. The number of benzene rings is 2. The third-order valence-electron chi connectivity index (χ3n) is 5.54. The van der Waals surface area contributed by atoms with Crippen LogP contribution in [-0.2, 0) is 0 Å². The van der Waals surface area contributed by atoms with Gasteiger partial charge >= 0.3 is 0 Å². The van der Waals surface area contributed by atoms with E-state index < -0.39 is 0 Å². The summed E-state index contributed by atoms with van der Waals surface area (Å²) in [6.07, 6.45) is 3.21. The van der Waals surface area contributed by atoms with Crippen molar-refractivity contribution in [3.63, 3.8) is 0 Å². The van der Waals surface area contributed by atoms with E-state index in [-0.39, 0.29) is 11.7 Å². The molecule has 8 heteroatoms. The molecular formula is C23H19ClFN5O. The zero-order valence-electron chi connectivity index (χ0n) is 16.6. The molecule has 1 aliphatic heterocycles. The normalized spacial score (nSPS) is 14.3. The van der Waals surface area contributed by atoms with Crippen LogP contribution in [-0.4, -0.2) is 51.6 Å². The number of nitrogens with zero attached hydrogens (tertiary/aromatic N) is 5. The van der Waals surface area contributed by atoms with E-state index in [9.17, 15) is 9.18 Å². The number of hydrogen-bond acceptors (Lipinski definition) is 4. The number of piperazine rings is 1. The largest absolute Gasteiger partial charge is 0.366 e. The van der Waals surface area contributed by atoms with E-state index in [2.05, 4.69) is 10.1 Å². The van der Waals surface area contributed by atoms with Crippen molar-refractivity contribution in [2.75, 3.05) is 31.1 Å². The van der Waals surface area contributed by atoms with Gasteiger partial charge in [-0.3, -0.25) is 4.79 Å². The summed E-state index contributed by atoms with van der Waals surface area (Å²) in [7, 11) is 0. The molecule has 6 nitrogen and oxygen atoms in total. The van der Waals surface area contributed by atoms with Crippen molar-refractivity contribution in [3.8, 4) is 11.3 Å². The molecule has 2 aromatic carbocycles. The van der Waals surface area contributed by atoms with Gasteiger partial charge in [-0.25, -0.2) is 13.9 Å². The molecule has 0 N–H and O–H groups in total. The Bertz CT molecular complexity index is 1270. The molecule has 2 aromatic heterocycles. The topological polar surface area (TPSA) is 53.7 Å². The quantitative estimate of drug-likeness (QED) is 0.485. The first kappa shape index (κ1) is 19.5. The molecule has 0 spiro atoms. The lowest BCUT2D eigenvalue weighted by Crippen LogP contribution is -2.49. The van der Waals surface area contributed by atoms with Crippen molar-refractivity contribution in [1.29, 1.82) is 0 Å². The molecule has 0 unspecified atom stereocenters. The average molecular weight is 436 g/mol. The van der Waals surface area contributed by atoms with Crippen molar-refractivity contribution >= 4 is 28.8 Å². The molecule has 4 aromatic rings. The van der Waals surface area contributed by atoms with E-state index in [4.69, 9.17) is 11.6 Å². The summed E-state index contributed by atoms with van der Waals surface area (Å²) < 4.78 is 15.7. The Morgan fingerprint density at radius 3 is 2.48 bits per heavy atom. The average Bonchev–Trinajstić information content (AvgIpc) is 3.24. The number of amides is 1. The van der Waals surface area contributed by atoms with Crippen LogP contribution in [0.2, 0.25) is 5.02 Å². The maximum Gasteiger partial charge on any atom is 0.259 e. The van der Waals surface area contributed by atoms with Crippen LogP contribution in [0.4, 0.5) is 10.1 Å². The standard InChI is InChI=1S/C23H19ClFN5O/c24-18-6-2-1-5-16(18)20-9-10-26-22-17(15-27-30(20)22)23(31)29-13-11-28(12-14-29)21-8-4-3-7-19(21)25/h1-10,15H,11-14H2. The monoisotopic (exact) mass is 435 g/mol. The highest BCUT2D eigenvalue weighted by Gasteiger charge is 2.26. The highest BCUT2D eigenvalue weighted by molar-refractivity contribution is 6.33. The lowest BCUT2D eigenvalue weighted by Gasteiger charge is -2.36. The molecule has 0 aliphatic carbocycles.